The summed E-state index contributed by atoms with van der Waals surface area (Å²) in [6.45, 7) is 9.39. The first-order valence-corrected chi connectivity index (χ1v) is 7.85. The van der Waals surface area contributed by atoms with Crippen LogP contribution in [0.5, 0.6) is 5.75 Å². The molecule has 0 fully saturated rings. The molecule has 1 heterocycles. The Hall–Kier alpha value is -2.22. The number of para-hydroxylation sites is 1. The van der Waals surface area contributed by atoms with Crippen LogP contribution in [-0.2, 0) is 0 Å². The van der Waals surface area contributed by atoms with E-state index in [2.05, 4.69) is 80.3 Å². The fourth-order valence-corrected chi connectivity index (χ4v) is 3.31. The molecule has 0 spiro atoms. The highest BCUT2D eigenvalue weighted by atomic mass is 16.5. The smallest absolute Gasteiger partial charge is 0.120 e. The summed E-state index contributed by atoms with van der Waals surface area (Å²) in [7, 11) is 0. The van der Waals surface area contributed by atoms with Crippen molar-refractivity contribution < 1.29 is 4.74 Å². The second-order valence-corrected chi connectivity index (χ2v) is 6.26. The third-order valence-corrected chi connectivity index (χ3v) is 4.11. The third-order valence-electron chi connectivity index (χ3n) is 4.11. The molecule has 0 amide bonds. The Morgan fingerprint density at radius 3 is 2.45 bits per heavy atom. The van der Waals surface area contributed by atoms with Gasteiger partial charge in [0, 0.05) is 16.9 Å². The Morgan fingerprint density at radius 1 is 1.05 bits per heavy atom. The Balaban J connectivity index is 2.16. The van der Waals surface area contributed by atoms with Crippen molar-refractivity contribution in [1.29, 1.82) is 0 Å². The number of nitrogens with zero attached hydrogens (tertiary/aromatic N) is 1. The second-order valence-electron chi connectivity index (χ2n) is 6.26. The second kappa shape index (κ2) is 5.53. The van der Waals surface area contributed by atoms with Crippen LogP contribution in [0.1, 0.15) is 33.3 Å². The molecular weight excluding hydrogens is 270 g/mol. The fraction of sp³-hybridized carbons (Fsp3) is 0.300. The quantitative estimate of drug-likeness (QED) is 0.749. The molecule has 1 aliphatic heterocycles. The van der Waals surface area contributed by atoms with Gasteiger partial charge in [-0.25, -0.2) is 0 Å². The maximum absolute atomic E-state index is 5.67. The lowest BCUT2D eigenvalue weighted by molar-refractivity contribution is 0.340. The van der Waals surface area contributed by atoms with Gasteiger partial charge in [0.2, 0.25) is 0 Å². The molecule has 0 unspecified atom stereocenters. The van der Waals surface area contributed by atoms with Gasteiger partial charge in [-0.1, -0.05) is 24.3 Å². The normalized spacial score (nSPS) is 16.0. The first kappa shape index (κ1) is 14.7. The molecule has 1 aliphatic rings. The number of fused-ring (bicyclic) bond motifs is 1. The first-order chi connectivity index (χ1) is 10.5. The van der Waals surface area contributed by atoms with Crippen molar-refractivity contribution in [3.63, 3.8) is 0 Å². The summed E-state index contributed by atoms with van der Waals surface area (Å²) in [5.41, 5.74) is 4.93. The summed E-state index contributed by atoms with van der Waals surface area (Å²) in [6.07, 6.45) is 2.33. The predicted octanol–water partition coefficient (Wildman–Crippen LogP) is 5.42. The van der Waals surface area contributed by atoms with E-state index in [1.807, 2.05) is 6.92 Å². The number of hydrogen-bond donors (Lipinski definition) is 0. The van der Waals surface area contributed by atoms with Gasteiger partial charge in [-0.05, 0) is 63.6 Å². The topological polar surface area (TPSA) is 12.5 Å². The number of ether oxygens (including phenoxy) is 1. The molecule has 0 atom stereocenters. The zero-order valence-electron chi connectivity index (χ0n) is 13.8. The molecule has 0 saturated heterocycles. The fourth-order valence-electron chi connectivity index (χ4n) is 3.31. The first-order valence-electron chi connectivity index (χ1n) is 7.85. The van der Waals surface area contributed by atoms with Crippen molar-refractivity contribution in [1.82, 2.24) is 0 Å². The average molecular weight is 293 g/mol. The monoisotopic (exact) mass is 293 g/mol. The molecule has 2 nitrogen and oxygen atoms in total. The SMILES string of the molecule is CCOc1ccc2c(c1)C(C)=CC(C)(C)N2c1ccccc1. The molecule has 0 aliphatic carbocycles. The zero-order chi connectivity index (χ0) is 15.7. The van der Waals surface area contributed by atoms with Crippen molar-refractivity contribution in [2.24, 2.45) is 0 Å². The van der Waals surface area contributed by atoms with Crippen molar-refractivity contribution in [2.45, 2.75) is 33.2 Å². The molecule has 22 heavy (non-hydrogen) atoms. The molecule has 2 aromatic carbocycles. The Labute approximate surface area is 133 Å². The van der Waals surface area contributed by atoms with Gasteiger partial charge in [0.15, 0.2) is 0 Å². The van der Waals surface area contributed by atoms with Gasteiger partial charge in [0.05, 0.1) is 12.1 Å². The van der Waals surface area contributed by atoms with E-state index in [0.29, 0.717) is 6.61 Å². The standard InChI is InChI=1S/C20H23NO/c1-5-22-17-11-12-19-18(13-17)15(2)14-20(3,4)21(19)16-9-7-6-8-10-16/h6-14H,5H2,1-4H3. The lowest BCUT2D eigenvalue weighted by atomic mass is 9.88. The summed E-state index contributed by atoms with van der Waals surface area (Å²) < 4.78 is 5.67. The minimum Gasteiger partial charge on any atom is -0.494 e. The van der Waals surface area contributed by atoms with E-state index in [1.54, 1.807) is 0 Å². The van der Waals surface area contributed by atoms with Gasteiger partial charge in [-0.2, -0.15) is 0 Å². The van der Waals surface area contributed by atoms with E-state index in [0.717, 1.165) is 5.75 Å². The van der Waals surface area contributed by atoms with Crippen LogP contribution in [0, 0.1) is 0 Å². The Kier molecular flexibility index (Phi) is 3.69. The number of allylic oxidation sites excluding steroid dienone is 1. The van der Waals surface area contributed by atoms with Gasteiger partial charge in [-0.3, -0.25) is 0 Å². The van der Waals surface area contributed by atoms with Gasteiger partial charge in [0.1, 0.15) is 5.75 Å². The number of hydrogen-bond acceptors (Lipinski definition) is 2. The molecule has 0 saturated carbocycles. The number of rotatable bonds is 3. The summed E-state index contributed by atoms with van der Waals surface area (Å²) in [5, 5.41) is 0. The lowest BCUT2D eigenvalue weighted by Crippen LogP contribution is -2.41. The van der Waals surface area contributed by atoms with Crippen molar-refractivity contribution >= 4 is 16.9 Å². The summed E-state index contributed by atoms with van der Waals surface area (Å²) in [6, 6.07) is 16.9. The van der Waals surface area contributed by atoms with E-state index in [1.165, 1.54) is 22.5 Å². The molecular formula is C20H23NO. The molecule has 114 valence electrons. The van der Waals surface area contributed by atoms with E-state index in [-0.39, 0.29) is 5.54 Å². The molecule has 0 aromatic heterocycles. The van der Waals surface area contributed by atoms with Gasteiger partial charge >= 0.3 is 0 Å². The largest absolute Gasteiger partial charge is 0.494 e. The van der Waals surface area contributed by atoms with Crippen LogP contribution >= 0.6 is 0 Å². The average Bonchev–Trinajstić information content (AvgIpc) is 2.48. The van der Waals surface area contributed by atoms with E-state index in [4.69, 9.17) is 4.74 Å². The highest BCUT2D eigenvalue weighted by Gasteiger charge is 2.32. The molecule has 2 heteroatoms. The Bertz CT molecular complexity index is 701. The van der Waals surface area contributed by atoms with Crippen LogP contribution in [0.4, 0.5) is 11.4 Å². The minimum absolute atomic E-state index is 0.0639. The van der Waals surface area contributed by atoms with Crippen LogP contribution in [0.2, 0.25) is 0 Å². The van der Waals surface area contributed by atoms with Gasteiger partial charge in [-0.15, -0.1) is 0 Å². The minimum atomic E-state index is -0.0639. The van der Waals surface area contributed by atoms with Crippen molar-refractivity contribution in [3.8, 4) is 5.75 Å². The molecule has 0 bridgehead atoms. The lowest BCUT2D eigenvalue weighted by Gasteiger charge is -2.43. The van der Waals surface area contributed by atoms with E-state index < -0.39 is 0 Å². The molecule has 0 radical (unpaired) electrons. The summed E-state index contributed by atoms with van der Waals surface area (Å²) >= 11 is 0. The van der Waals surface area contributed by atoms with Crippen LogP contribution in [0.25, 0.3) is 5.57 Å². The molecule has 0 N–H and O–H groups in total. The van der Waals surface area contributed by atoms with Crippen LogP contribution in [0.15, 0.2) is 54.6 Å². The molecule has 2 aromatic rings. The van der Waals surface area contributed by atoms with Gasteiger partial charge < -0.3 is 9.64 Å². The van der Waals surface area contributed by atoms with Crippen LogP contribution in [-0.4, -0.2) is 12.1 Å². The maximum Gasteiger partial charge on any atom is 0.120 e. The van der Waals surface area contributed by atoms with Gasteiger partial charge in [0.25, 0.3) is 0 Å². The van der Waals surface area contributed by atoms with Crippen molar-refractivity contribution in [2.75, 3.05) is 11.5 Å². The van der Waals surface area contributed by atoms with E-state index >= 15 is 0 Å². The Morgan fingerprint density at radius 2 is 1.77 bits per heavy atom. The van der Waals surface area contributed by atoms with Crippen LogP contribution in [0.3, 0.4) is 0 Å². The third kappa shape index (κ3) is 2.50. The summed E-state index contributed by atoms with van der Waals surface area (Å²) in [4.78, 5) is 2.39. The van der Waals surface area contributed by atoms with E-state index in [9.17, 15) is 0 Å². The molecule has 3 rings (SSSR count). The predicted molar refractivity (Wildman–Crippen MR) is 93.9 cm³/mol. The zero-order valence-corrected chi connectivity index (χ0v) is 13.8. The highest BCUT2D eigenvalue weighted by Crippen LogP contribution is 2.44. The number of anilines is 2. The highest BCUT2D eigenvalue weighted by molar-refractivity contribution is 5.86. The van der Waals surface area contributed by atoms with Crippen LogP contribution < -0.4 is 9.64 Å². The summed E-state index contributed by atoms with van der Waals surface area (Å²) in [5.74, 6) is 0.932. The van der Waals surface area contributed by atoms with Crippen molar-refractivity contribution in [3.05, 3.63) is 60.2 Å². The number of benzene rings is 2. The maximum atomic E-state index is 5.67.